The number of ether oxygens (including phenoxy) is 1. The van der Waals surface area contributed by atoms with Gasteiger partial charge in [-0.1, -0.05) is 44.2 Å². The van der Waals surface area contributed by atoms with Crippen molar-refractivity contribution in [3.8, 4) is 11.4 Å². The lowest BCUT2D eigenvalue weighted by Gasteiger charge is -2.19. The number of carbonyl (C=O) groups excluding carboxylic acids is 1. The Bertz CT molecular complexity index is 1300. The molecular formula is C28H34N6O2. The number of benzene rings is 2. The minimum absolute atomic E-state index is 0.152. The zero-order valence-corrected chi connectivity index (χ0v) is 21.4. The van der Waals surface area contributed by atoms with Crippen LogP contribution in [0.4, 0.5) is 5.69 Å². The number of fused-ring (bicyclic) bond motifs is 1. The summed E-state index contributed by atoms with van der Waals surface area (Å²) in [6.45, 7) is 10.0. The molecule has 1 amide bonds. The van der Waals surface area contributed by atoms with Gasteiger partial charge >= 0.3 is 0 Å². The van der Waals surface area contributed by atoms with Crippen LogP contribution in [-0.4, -0.2) is 58.9 Å². The second-order valence-electron chi connectivity index (χ2n) is 8.56. The van der Waals surface area contributed by atoms with E-state index in [1.807, 2.05) is 66.2 Å². The van der Waals surface area contributed by atoms with E-state index in [1.54, 1.807) is 13.3 Å². The summed E-state index contributed by atoms with van der Waals surface area (Å²) in [5.74, 6) is 0.652. The summed E-state index contributed by atoms with van der Waals surface area (Å²) in [5, 5.41) is 12.2. The standard InChI is InChI=1S/C28H34N6O2/c1-5-33(6-2)17-16-29-28(35)24-19-31-27-25(20(3)32-34(27)22-10-8-7-9-11-22)26(24)30-18-21-12-14-23(36-4)15-13-21/h7-15,19H,5-6,16-18H2,1-4H3,(H,29,35)(H,30,31). The fraction of sp³-hybridized carbons (Fsp3) is 0.321. The fourth-order valence-corrected chi connectivity index (χ4v) is 4.25. The van der Waals surface area contributed by atoms with Gasteiger partial charge in [0.25, 0.3) is 5.91 Å². The van der Waals surface area contributed by atoms with Gasteiger partial charge in [0, 0.05) is 25.8 Å². The minimum Gasteiger partial charge on any atom is -0.497 e. The van der Waals surface area contributed by atoms with Crippen LogP contribution in [0.5, 0.6) is 5.75 Å². The van der Waals surface area contributed by atoms with Crippen molar-refractivity contribution in [2.45, 2.75) is 27.3 Å². The first-order valence-electron chi connectivity index (χ1n) is 12.4. The van der Waals surface area contributed by atoms with Crippen molar-refractivity contribution in [1.29, 1.82) is 0 Å². The van der Waals surface area contributed by atoms with Gasteiger partial charge in [0.15, 0.2) is 5.65 Å². The number of nitrogens with one attached hydrogen (secondary N) is 2. The first kappa shape index (κ1) is 25.2. The molecule has 4 rings (SSSR count). The number of para-hydroxylation sites is 1. The molecule has 188 valence electrons. The summed E-state index contributed by atoms with van der Waals surface area (Å²) in [4.78, 5) is 20.3. The fourth-order valence-electron chi connectivity index (χ4n) is 4.25. The number of likely N-dealkylation sites (N-methyl/N-ethyl adjacent to an activating group) is 1. The van der Waals surface area contributed by atoms with Crippen LogP contribution in [0, 0.1) is 6.92 Å². The smallest absolute Gasteiger partial charge is 0.255 e. The Morgan fingerprint density at radius 3 is 2.44 bits per heavy atom. The number of carbonyl (C=O) groups is 1. The molecule has 8 nitrogen and oxygen atoms in total. The van der Waals surface area contributed by atoms with Gasteiger partial charge in [-0.05, 0) is 49.8 Å². The van der Waals surface area contributed by atoms with E-state index in [4.69, 9.17) is 9.84 Å². The number of hydrogen-bond acceptors (Lipinski definition) is 6. The van der Waals surface area contributed by atoms with E-state index in [1.165, 1.54) is 0 Å². The Morgan fingerprint density at radius 1 is 1.06 bits per heavy atom. The third kappa shape index (κ3) is 5.49. The number of aromatic nitrogens is 3. The number of aryl methyl sites for hydroxylation is 1. The van der Waals surface area contributed by atoms with Gasteiger partial charge in [-0.15, -0.1) is 0 Å². The van der Waals surface area contributed by atoms with E-state index in [-0.39, 0.29) is 5.91 Å². The van der Waals surface area contributed by atoms with Gasteiger partial charge in [0.05, 0.1) is 35.1 Å². The largest absolute Gasteiger partial charge is 0.497 e. The zero-order valence-electron chi connectivity index (χ0n) is 21.4. The van der Waals surface area contributed by atoms with Gasteiger partial charge in [0.2, 0.25) is 0 Å². The van der Waals surface area contributed by atoms with E-state index < -0.39 is 0 Å². The van der Waals surface area contributed by atoms with Crippen molar-refractivity contribution in [2.75, 3.05) is 38.6 Å². The number of nitrogens with zero attached hydrogens (tertiary/aromatic N) is 4. The number of anilines is 1. The molecule has 0 aliphatic heterocycles. The highest BCUT2D eigenvalue weighted by atomic mass is 16.5. The average molecular weight is 487 g/mol. The summed E-state index contributed by atoms with van der Waals surface area (Å²) >= 11 is 0. The molecule has 2 aromatic heterocycles. The van der Waals surface area contributed by atoms with Crippen molar-refractivity contribution in [2.24, 2.45) is 0 Å². The van der Waals surface area contributed by atoms with Gasteiger partial charge in [0.1, 0.15) is 5.75 Å². The van der Waals surface area contributed by atoms with Crippen LogP contribution >= 0.6 is 0 Å². The Hall–Kier alpha value is -3.91. The molecule has 2 aromatic carbocycles. The second-order valence-corrected chi connectivity index (χ2v) is 8.56. The van der Waals surface area contributed by atoms with E-state index in [0.717, 1.165) is 53.4 Å². The van der Waals surface area contributed by atoms with Crippen LogP contribution in [0.25, 0.3) is 16.7 Å². The first-order chi connectivity index (χ1) is 17.5. The monoisotopic (exact) mass is 486 g/mol. The quantitative estimate of drug-likeness (QED) is 0.327. The molecule has 0 unspecified atom stereocenters. The van der Waals surface area contributed by atoms with Gasteiger partial charge in [-0.3, -0.25) is 4.79 Å². The van der Waals surface area contributed by atoms with Gasteiger partial charge in [-0.2, -0.15) is 5.10 Å². The summed E-state index contributed by atoms with van der Waals surface area (Å²) in [5.41, 5.74) is 4.73. The van der Waals surface area contributed by atoms with E-state index in [2.05, 4.69) is 34.4 Å². The predicted octanol–water partition coefficient (Wildman–Crippen LogP) is 4.42. The van der Waals surface area contributed by atoms with Crippen LogP contribution in [0.1, 0.15) is 35.5 Å². The summed E-state index contributed by atoms with van der Waals surface area (Å²) in [6, 6.07) is 17.8. The molecule has 0 aliphatic rings. The number of hydrogen-bond donors (Lipinski definition) is 2. The summed E-state index contributed by atoms with van der Waals surface area (Å²) < 4.78 is 7.10. The molecule has 2 heterocycles. The van der Waals surface area contributed by atoms with E-state index in [0.29, 0.717) is 24.3 Å². The summed E-state index contributed by atoms with van der Waals surface area (Å²) in [6.07, 6.45) is 1.64. The molecule has 2 N–H and O–H groups in total. The molecule has 8 heteroatoms. The predicted molar refractivity (Wildman–Crippen MR) is 144 cm³/mol. The maximum absolute atomic E-state index is 13.3. The Labute approximate surface area is 212 Å². The van der Waals surface area contributed by atoms with Crippen LogP contribution < -0.4 is 15.4 Å². The molecule has 4 aromatic rings. The molecule has 0 saturated carbocycles. The first-order valence-corrected chi connectivity index (χ1v) is 12.4. The van der Waals surface area contributed by atoms with Crippen LogP contribution in [-0.2, 0) is 6.54 Å². The molecule has 36 heavy (non-hydrogen) atoms. The topological polar surface area (TPSA) is 84.3 Å². The maximum Gasteiger partial charge on any atom is 0.255 e. The Morgan fingerprint density at radius 2 is 1.78 bits per heavy atom. The van der Waals surface area contributed by atoms with Crippen molar-refractivity contribution in [3.63, 3.8) is 0 Å². The van der Waals surface area contributed by atoms with Crippen molar-refractivity contribution in [1.82, 2.24) is 25.0 Å². The number of rotatable bonds is 11. The molecule has 0 aliphatic carbocycles. The minimum atomic E-state index is -0.152. The van der Waals surface area contributed by atoms with Crippen molar-refractivity contribution >= 4 is 22.6 Å². The normalized spacial score (nSPS) is 11.1. The molecule has 0 radical (unpaired) electrons. The van der Waals surface area contributed by atoms with Crippen LogP contribution in [0.15, 0.2) is 60.8 Å². The number of amides is 1. The number of methoxy groups -OCH3 is 1. The van der Waals surface area contributed by atoms with Crippen LogP contribution in [0.3, 0.4) is 0 Å². The maximum atomic E-state index is 13.3. The summed E-state index contributed by atoms with van der Waals surface area (Å²) in [7, 11) is 1.65. The lowest BCUT2D eigenvalue weighted by atomic mass is 10.1. The van der Waals surface area contributed by atoms with Gasteiger partial charge in [-0.25, -0.2) is 9.67 Å². The highest BCUT2D eigenvalue weighted by Gasteiger charge is 2.21. The highest BCUT2D eigenvalue weighted by Crippen LogP contribution is 2.31. The molecule has 0 saturated heterocycles. The van der Waals surface area contributed by atoms with Gasteiger partial charge < -0.3 is 20.3 Å². The lowest BCUT2D eigenvalue weighted by molar-refractivity contribution is 0.0949. The van der Waals surface area contributed by atoms with E-state index in [9.17, 15) is 4.79 Å². The van der Waals surface area contributed by atoms with Crippen molar-refractivity contribution in [3.05, 3.63) is 77.6 Å². The highest BCUT2D eigenvalue weighted by molar-refractivity contribution is 6.07. The Balaban J connectivity index is 1.69. The molecular weight excluding hydrogens is 452 g/mol. The third-order valence-electron chi connectivity index (χ3n) is 6.35. The number of pyridine rings is 1. The Kier molecular flexibility index (Phi) is 8.17. The molecule has 0 spiro atoms. The van der Waals surface area contributed by atoms with Crippen LogP contribution in [0.2, 0.25) is 0 Å². The third-order valence-corrected chi connectivity index (χ3v) is 6.35. The molecule has 0 fully saturated rings. The van der Waals surface area contributed by atoms with Crippen molar-refractivity contribution < 1.29 is 9.53 Å². The second kappa shape index (κ2) is 11.7. The molecule has 0 bridgehead atoms. The average Bonchev–Trinajstić information content (AvgIpc) is 3.27. The SMILES string of the molecule is CCN(CC)CCNC(=O)c1cnc2c(c(C)nn2-c2ccccc2)c1NCc1ccc(OC)cc1. The molecule has 0 atom stereocenters. The zero-order chi connectivity index (χ0) is 25.5. The van der Waals surface area contributed by atoms with E-state index >= 15 is 0 Å². The lowest BCUT2D eigenvalue weighted by Crippen LogP contribution is -2.35.